The van der Waals surface area contributed by atoms with Crippen LogP contribution in [-0.4, -0.2) is 24.1 Å². The fourth-order valence-electron chi connectivity index (χ4n) is 5.23. The molecular formula is C24H23NO5. The Hall–Kier alpha value is -3.28. The highest BCUT2D eigenvalue weighted by Gasteiger charge is 2.62. The molecule has 4 aliphatic rings. The van der Waals surface area contributed by atoms with E-state index >= 15 is 0 Å². The molecule has 2 N–H and O–H groups in total. The van der Waals surface area contributed by atoms with E-state index in [2.05, 4.69) is 11.4 Å². The number of hydrogen-bond acceptors (Lipinski definition) is 4. The molecule has 0 heterocycles. The second-order valence-electron chi connectivity index (χ2n) is 8.26. The number of carboxylic acid groups (broad SMARTS) is 1. The summed E-state index contributed by atoms with van der Waals surface area (Å²) in [5, 5.41) is 12.7. The molecule has 6 rings (SSSR count). The van der Waals surface area contributed by atoms with Gasteiger partial charge in [-0.3, -0.25) is 9.59 Å². The van der Waals surface area contributed by atoms with E-state index in [4.69, 9.17) is 9.47 Å². The lowest BCUT2D eigenvalue weighted by atomic mass is 9.62. The van der Waals surface area contributed by atoms with E-state index in [0.29, 0.717) is 34.8 Å². The fourth-order valence-corrected chi connectivity index (χ4v) is 5.23. The van der Waals surface area contributed by atoms with Gasteiger partial charge in [-0.1, -0.05) is 24.3 Å². The zero-order valence-corrected chi connectivity index (χ0v) is 16.5. The van der Waals surface area contributed by atoms with Crippen molar-refractivity contribution in [1.29, 1.82) is 0 Å². The number of aliphatic carboxylic acids is 1. The number of ether oxygens (including phenoxy) is 2. The van der Waals surface area contributed by atoms with Gasteiger partial charge in [0.2, 0.25) is 5.91 Å². The second kappa shape index (κ2) is 7.20. The van der Waals surface area contributed by atoms with Crippen molar-refractivity contribution < 1.29 is 24.2 Å². The molecule has 1 amide bonds. The molecule has 0 unspecified atom stereocenters. The van der Waals surface area contributed by atoms with Crippen molar-refractivity contribution in [3.63, 3.8) is 0 Å². The smallest absolute Gasteiger partial charge is 0.307 e. The topological polar surface area (TPSA) is 84.9 Å². The molecule has 0 radical (unpaired) electrons. The maximum Gasteiger partial charge on any atom is 0.307 e. The Balaban J connectivity index is 1.30. The number of fused-ring (bicyclic) bond motifs is 1. The number of methoxy groups -OCH3 is 1. The number of anilines is 1. The Morgan fingerprint density at radius 3 is 2.20 bits per heavy atom. The molecule has 0 aromatic heterocycles. The molecule has 2 aromatic carbocycles. The maximum absolute atomic E-state index is 13.0. The molecule has 30 heavy (non-hydrogen) atoms. The van der Waals surface area contributed by atoms with Crippen molar-refractivity contribution in [2.45, 2.75) is 6.42 Å². The average Bonchev–Trinajstić information content (AvgIpc) is 3.57. The second-order valence-corrected chi connectivity index (χ2v) is 8.26. The molecule has 2 bridgehead atoms. The van der Waals surface area contributed by atoms with Gasteiger partial charge in [0.05, 0.1) is 18.9 Å². The number of amides is 1. The van der Waals surface area contributed by atoms with Crippen LogP contribution < -0.4 is 14.8 Å². The van der Waals surface area contributed by atoms with E-state index in [-0.39, 0.29) is 17.7 Å². The van der Waals surface area contributed by atoms with E-state index in [1.165, 1.54) is 0 Å². The largest absolute Gasteiger partial charge is 0.493 e. The van der Waals surface area contributed by atoms with Gasteiger partial charge in [-0.25, -0.2) is 0 Å². The molecule has 0 spiro atoms. The summed E-state index contributed by atoms with van der Waals surface area (Å²) in [6.07, 6.45) is 5.11. The summed E-state index contributed by atoms with van der Waals surface area (Å²) in [4.78, 5) is 24.9. The van der Waals surface area contributed by atoms with Crippen LogP contribution in [-0.2, 0) is 9.59 Å². The zero-order valence-electron chi connectivity index (χ0n) is 16.5. The molecule has 2 aromatic rings. The van der Waals surface area contributed by atoms with Crippen molar-refractivity contribution in [3.8, 4) is 17.2 Å². The van der Waals surface area contributed by atoms with E-state index < -0.39 is 17.8 Å². The van der Waals surface area contributed by atoms with Crippen LogP contribution in [0.4, 0.5) is 5.69 Å². The van der Waals surface area contributed by atoms with Gasteiger partial charge < -0.3 is 19.9 Å². The summed E-state index contributed by atoms with van der Waals surface area (Å²) >= 11 is 0. The number of allylic oxidation sites excluding steroid dienone is 2. The third kappa shape index (κ3) is 3.12. The first-order chi connectivity index (χ1) is 14.6. The van der Waals surface area contributed by atoms with Gasteiger partial charge in [0.1, 0.15) is 5.75 Å². The number of rotatable bonds is 6. The lowest BCUT2D eigenvalue weighted by molar-refractivity contribution is -0.152. The van der Waals surface area contributed by atoms with E-state index in [1.807, 2.05) is 30.3 Å². The standard InChI is InChI=1S/C24H23NO5/c1-29-19-4-2-3-5-20(19)30-14-8-6-13(7-9-14)25-23(26)21-15-10-11-16(18-12-17(15)18)22(21)24(27)28/h2-11,15-18,21-22H,12H2,1H3,(H,25,26)(H,27,28)/t15-,16-,17+,18-,21+,22+/m0/s1. The van der Waals surface area contributed by atoms with Gasteiger partial charge in [-0.05, 0) is 66.5 Å². The van der Waals surface area contributed by atoms with Gasteiger partial charge in [0, 0.05) is 5.69 Å². The van der Waals surface area contributed by atoms with E-state index in [1.54, 1.807) is 31.4 Å². The third-order valence-corrected chi connectivity index (χ3v) is 6.66. The van der Waals surface area contributed by atoms with E-state index in [9.17, 15) is 14.7 Å². The number of benzene rings is 2. The lowest BCUT2D eigenvalue weighted by Gasteiger charge is -2.41. The first kappa shape index (κ1) is 18.7. The fraction of sp³-hybridized carbons (Fsp3) is 0.333. The highest BCUT2D eigenvalue weighted by molar-refractivity contribution is 5.96. The van der Waals surface area contributed by atoms with Crippen molar-refractivity contribution in [1.82, 2.24) is 0 Å². The van der Waals surface area contributed by atoms with Crippen molar-refractivity contribution >= 4 is 17.6 Å². The summed E-state index contributed by atoms with van der Waals surface area (Å²) in [6.45, 7) is 0. The summed E-state index contributed by atoms with van der Waals surface area (Å²) in [7, 11) is 1.59. The SMILES string of the molecule is COc1ccccc1Oc1ccc(NC(=O)[C@@H]2[C@H]3C=C[C@@H]([C@@H]4C[C@H]34)[C@H]2C(=O)O)cc1. The predicted octanol–water partition coefficient (Wildman–Crippen LogP) is 4.19. The minimum atomic E-state index is -0.875. The van der Waals surface area contributed by atoms with Gasteiger partial charge in [-0.2, -0.15) is 0 Å². The first-order valence-electron chi connectivity index (χ1n) is 10.2. The van der Waals surface area contributed by atoms with Crippen molar-refractivity contribution in [3.05, 3.63) is 60.7 Å². The molecule has 2 saturated carbocycles. The Labute approximate surface area is 174 Å². The molecule has 154 valence electrons. The molecule has 2 fully saturated rings. The molecule has 6 nitrogen and oxygen atoms in total. The van der Waals surface area contributed by atoms with Gasteiger partial charge in [0.25, 0.3) is 0 Å². The van der Waals surface area contributed by atoms with Crippen molar-refractivity contribution in [2.24, 2.45) is 35.5 Å². The predicted molar refractivity (Wildman–Crippen MR) is 110 cm³/mol. The average molecular weight is 405 g/mol. The quantitative estimate of drug-likeness (QED) is 0.704. The summed E-state index contributed by atoms with van der Waals surface area (Å²) in [5.74, 6) is 0.493. The number of carbonyl (C=O) groups is 2. The zero-order chi connectivity index (χ0) is 20.8. The van der Waals surface area contributed by atoms with Crippen LogP contribution in [0.15, 0.2) is 60.7 Å². The number of nitrogens with one attached hydrogen (secondary N) is 1. The number of carbonyl (C=O) groups excluding carboxylic acids is 1. The van der Waals surface area contributed by atoms with Crippen LogP contribution >= 0.6 is 0 Å². The molecule has 6 heteroatoms. The normalized spacial score (nSPS) is 30.3. The van der Waals surface area contributed by atoms with Crippen LogP contribution in [0.5, 0.6) is 17.2 Å². The molecule has 6 atom stereocenters. The van der Waals surface area contributed by atoms with Crippen LogP contribution in [0.3, 0.4) is 0 Å². The van der Waals surface area contributed by atoms with Gasteiger partial charge in [-0.15, -0.1) is 0 Å². The third-order valence-electron chi connectivity index (χ3n) is 6.66. The molecule has 4 aliphatic carbocycles. The van der Waals surface area contributed by atoms with Gasteiger partial charge >= 0.3 is 5.97 Å². The molecule has 0 saturated heterocycles. The number of hydrogen-bond donors (Lipinski definition) is 2. The van der Waals surface area contributed by atoms with E-state index in [0.717, 1.165) is 6.42 Å². The van der Waals surface area contributed by atoms with Crippen molar-refractivity contribution in [2.75, 3.05) is 12.4 Å². The Bertz CT molecular complexity index is 1010. The first-order valence-corrected chi connectivity index (χ1v) is 10.2. The summed E-state index contributed by atoms with van der Waals surface area (Å²) in [6, 6.07) is 14.4. The minimum Gasteiger partial charge on any atom is -0.493 e. The Morgan fingerprint density at radius 2 is 1.57 bits per heavy atom. The molecule has 0 aliphatic heterocycles. The van der Waals surface area contributed by atoms with Crippen LogP contribution in [0, 0.1) is 35.5 Å². The highest BCUT2D eigenvalue weighted by Crippen LogP contribution is 2.63. The highest BCUT2D eigenvalue weighted by atomic mass is 16.5. The monoisotopic (exact) mass is 405 g/mol. The number of carboxylic acids is 1. The lowest BCUT2D eigenvalue weighted by Crippen LogP contribution is -2.48. The van der Waals surface area contributed by atoms with Crippen LogP contribution in [0.25, 0.3) is 0 Å². The maximum atomic E-state index is 13.0. The summed E-state index contributed by atoms with van der Waals surface area (Å²) in [5.41, 5.74) is 0.620. The van der Waals surface area contributed by atoms with Gasteiger partial charge in [0.15, 0.2) is 11.5 Å². The summed E-state index contributed by atoms with van der Waals surface area (Å²) < 4.78 is 11.2. The Kier molecular flexibility index (Phi) is 4.50. The Morgan fingerprint density at radius 1 is 0.933 bits per heavy atom. The minimum absolute atomic E-state index is 0.0225. The van der Waals surface area contributed by atoms with Crippen LogP contribution in [0.2, 0.25) is 0 Å². The number of para-hydroxylation sites is 2. The van der Waals surface area contributed by atoms with Crippen LogP contribution in [0.1, 0.15) is 6.42 Å². The molecular weight excluding hydrogens is 382 g/mol.